The molecule has 0 aromatic heterocycles. The number of carbonyl (C=O) groups excluding carboxylic acids is 1. The number of ether oxygens (including phenoxy) is 1. The summed E-state index contributed by atoms with van der Waals surface area (Å²) in [6.07, 6.45) is 0.841. The van der Waals surface area contributed by atoms with E-state index >= 15 is 0 Å². The van der Waals surface area contributed by atoms with Crippen molar-refractivity contribution in [2.75, 3.05) is 13.2 Å². The fraction of sp³-hybridized carbons (Fsp3) is 0.462. The Morgan fingerprint density at radius 1 is 1.38 bits per heavy atom. The number of hydrogen-bond donors (Lipinski definition) is 1. The summed E-state index contributed by atoms with van der Waals surface area (Å²) in [5.74, 6) is 0.116. The minimum absolute atomic E-state index is 0.116. The van der Waals surface area contributed by atoms with Gasteiger partial charge in [-0.1, -0.05) is 37.3 Å². The summed E-state index contributed by atoms with van der Waals surface area (Å²) in [5.41, 5.74) is 0.858. The molecule has 0 unspecified atom stereocenters. The van der Waals surface area contributed by atoms with Gasteiger partial charge in [0.1, 0.15) is 0 Å². The lowest BCUT2D eigenvalue weighted by molar-refractivity contribution is -0.162. The Balaban J connectivity index is 1.89. The molecule has 1 aliphatic heterocycles. The van der Waals surface area contributed by atoms with Crippen molar-refractivity contribution in [3.63, 3.8) is 0 Å². The predicted octanol–water partition coefficient (Wildman–Crippen LogP) is 1.73. The maximum absolute atomic E-state index is 12.0. The number of amides is 1. The molecule has 16 heavy (non-hydrogen) atoms. The molecule has 1 saturated heterocycles. The molecule has 0 aliphatic carbocycles. The number of carbonyl (C=O) groups is 1. The quantitative estimate of drug-likeness (QED) is 0.837. The smallest absolute Gasteiger partial charge is 0.231 e. The molecule has 0 atom stereocenters. The first kappa shape index (κ1) is 11.1. The van der Waals surface area contributed by atoms with Crippen molar-refractivity contribution < 1.29 is 9.53 Å². The predicted molar refractivity (Wildman–Crippen MR) is 61.8 cm³/mol. The molecule has 0 saturated carbocycles. The molecule has 2 rings (SSSR count). The van der Waals surface area contributed by atoms with E-state index in [0.717, 1.165) is 12.0 Å². The van der Waals surface area contributed by atoms with E-state index in [1.54, 1.807) is 0 Å². The second kappa shape index (κ2) is 4.66. The highest BCUT2D eigenvalue weighted by atomic mass is 16.5. The van der Waals surface area contributed by atoms with Gasteiger partial charge in [-0.15, -0.1) is 0 Å². The zero-order chi connectivity index (χ0) is 11.4. The summed E-state index contributed by atoms with van der Waals surface area (Å²) >= 11 is 0. The van der Waals surface area contributed by atoms with E-state index in [4.69, 9.17) is 4.74 Å². The Morgan fingerprint density at radius 2 is 2.06 bits per heavy atom. The number of benzene rings is 1. The molecule has 86 valence electrons. The second-order valence-corrected chi connectivity index (χ2v) is 4.29. The van der Waals surface area contributed by atoms with Crippen LogP contribution in [0, 0.1) is 5.41 Å². The first-order chi connectivity index (χ1) is 7.77. The molecule has 0 bridgehead atoms. The molecule has 0 radical (unpaired) electrons. The zero-order valence-electron chi connectivity index (χ0n) is 9.53. The largest absolute Gasteiger partial charge is 0.379 e. The van der Waals surface area contributed by atoms with Crippen molar-refractivity contribution in [1.82, 2.24) is 5.32 Å². The minimum atomic E-state index is -0.269. The van der Waals surface area contributed by atoms with Crippen molar-refractivity contribution in [2.24, 2.45) is 5.41 Å². The highest BCUT2D eigenvalue weighted by Crippen LogP contribution is 2.31. The van der Waals surface area contributed by atoms with E-state index in [2.05, 4.69) is 5.32 Å². The normalized spacial score (nSPS) is 17.6. The van der Waals surface area contributed by atoms with Crippen LogP contribution < -0.4 is 5.32 Å². The molecule has 1 heterocycles. The first-order valence-corrected chi connectivity index (χ1v) is 5.67. The highest BCUT2D eigenvalue weighted by Gasteiger charge is 2.43. The van der Waals surface area contributed by atoms with Crippen molar-refractivity contribution in [2.45, 2.75) is 19.9 Å². The van der Waals surface area contributed by atoms with Crippen LogP contribution in [0.4, 0.5) is 0 Å². The fourth-order valence-electron chi connectivity index (χ4n) is 1.81. The molecular formula is C13H17NO2. The van der Waals surface area contributed by atoms with Crippen LogP contribution in [0.15, 0.2) is 30.3 Å². The molecule has 1 amide bonds. The first-order valence-electron chi connectivity index (χ1n) is 5.67. The lowest BCUT2D eigenvalue weighted by Crippen LogP contribution is -2.53. The van der Waals surface area contributed by atoms with Crippen LogP contribution in [0.5, 0.6) is 0 Å². The van der Waals surface area contributed by atoms with E-state index in [0.29, 0.717) is 19.8 Å². The van der Waals surface area contributed by atoms with Gasteiger partial charge in [-0.25, -0.2) is 0 Å². The van der Waals surface area contributed by atoms with Gasteiger partial charge in [-0.3, -0.25) is 4.79 Å². The maximum atomic E-state index is 12.0. The summed E-state index contributed by atoms with van der Waals surface area (Å²) in [5, 5.41) is 2.97. The van der Waals surface area contributed by atoms with Crippen molar-refractivity contribution in [1.29, 1.82) is 0 Å². The molecule has 3 heteroatoms. The van der Waals surface area contributed by atoms with E-state index in [1.807, 2.05) is 37.3 Å². The lowest BCUT2D eigenvalue weighted by atomic mass is 9.82. The van der Waals surface area contributed by atoms with Crippen molar-refractivity contribution in [3.8, 4) is 0 Å². The van der Waals surface area contributed by atoms with Gasteiger partial charge in [-0.2, -0.15) is 0 Å². The summed E-state index contributed by atoms with van der Waals surface area (Å²) in [7, 11) is 0. The fourth-order valence-corrected chi connectivity index (χ4v) is 1.81. The zero-order valence-corrected chi connectivity index (χ0v) is 9.53. The molecule has 1 aromatic carbocycles. The van der Waals surface area contributed by atoms with Crippen LogP contribution in [0.1, 0.15) is 18.9 Å². The van der Waals surface area contributed by atoms with Crippen LogP contribution >= 0.6 is 0 Å². The Hall–Kier alpha value is -1.35. The Morgan fingerprint density at radius 3 is 2.56 bits per heavy atom. The number of nitrogens with one attached hydrogen (secondary N) is 1. The maximum Gasteiger partial charge on any atom is 0.231 e. The SMILES string of the molecule is CCC1(C(=O)NCc2ccccc2)COC1. The van der Waals surface area contributed by atoms with Gasteiger partial charge in [0.05, 0.1) is 18.6 Å². The second-order valence-electron chi connectivity index (χ2n) is 4.29. The van der Waals surface area contributed by atoms with Crippen LogP contribution in [-0.4, -0.2) is 19.1 Å². The minimum Gasteiger partial charge on any atom is -0.379 e. The third-order valence-corrected chi connectivity index (χ3v) is 3.21. The third-order valence-electron chi connectivity index (χ3n) is 3.21. The van der Waals surface area contributed by atoms with Gasteiger partial charge in [-0.05, 0) is 12.0 Å². The van der Waals surface area contributed by atoms with Gasteiger partial charge in [0.15, 0.2) is 0 Å². The van der Waals surface area contributed by atoms with Crippen LogP contribution in [0.2, 0.25) is 0 Å². The summed E-state index contributed by atoms with van der Waals surface area (Å²) in [4.78, 5) is 12.0. The number of rotatable bonds is 4. The molecule has 1 fully saturated rings. The average Bonchev–Trinajstić information content (AvgIpc) is 2.27. The Kier molecular flexibility index (Phi) is 3.25. The van der Waals surface area contributed by atoms with Gasteiger partial charge in [0.25, 0.3) is 0 Å². The van der Waals surface area contributed by atoms with E-state index in [1.165, 1.54) is 0 Å². The molecular weight excluding hydrogens is 202 g/mol. The summed E-state index contributed by atoms with van der Waals surface area (Å²) < 4.78 is 5.14. The summed E-state index contributed by atoms with van der Waals surface area (Å²) in [6, 6.07) is 9.94. The highest BCUT2D eigenvalue weighted by molar-refractivity contribution is 5.83. The van der Waals surface area contributed by atoms with Crippen LogP contribution in [-0.2, 0) is 16.1 Å². The van der Waals surface area contributed by atoms with Crippen molar-refractivity contribution >= 4 is 5.91 Å². The summed E-state index contributed by atoms with van der Waals surface area (Å²) in [6.45, 7) is 3.75. The molecule has 1 aliphatic rings. The molecule has 1 N–H and O–H groups in total. The van der Waals surface area contributed by atoms with Crippen LogP contribution in [0.25, 0.3) is 0 Å². The number of hydrogen-bond acceptors (Lipinski definition) is 2. The van der Waals surface area contributed by atoms with Gasteiger partial charge < -0.3 is 10.1 Å². The Labute approximate surface area is 95.8 Å². The van der Waals surface area contributed by atoms with Crippen molar-refractivity contribution in [3.05, 3.63) is 35.9 Å². The topological polar surface area (TPSA) is 38.3 Å². The van der Waals surface area contributed by atoms with E-state index < -0.39 is 0 Å². The third kappa shape index (κ3) is 2.09. The lowest BCUT2D eigenvalue weighted by Gasteiger charge is -2.39. The molecule has 1 aromatic rings. The standard InChI is InChI=1S/C13H17NO2/c1-2-13(9-16-10-13)12(15)14-8-11-6-4-3-5-7-11/h3-7H,2,8-10H2,1H3,(H,14,15). The van der Waals surface area contributed by atoms with Crippen LogP contribution in [0.3, 0.4) is 0 Å². The van der Waals surface area contributed by atoms with E-state index in [-0.39, 0.29) is 11.3 Å². The monoisotopic (exact) mass is 219 g/mol. The molecule has 3 nitrogen and oxygen atoms in total. The van der Waals surface area contributed by atoms with Gasteiger partial charge in [0.2, 0.25) is 5.91 Å². The Bertz CT molecular complexity index is 352. The molecule has 0 spiro atoms. The van der Waals surface area contributed by atoms with Gasteiger partial charge >= 0.3 is 0 Å². The average molecular weight is 219 g/mol. The van der Waals surface area contributed by atoms with E-state index in [9.17, 15) is 4.79 Å². The van der Waals surface area contributed by atoms with Gasteiger partial charge in [0, 0.05) is 6.54 Å².